The van der Waals surface area contributed by atoms with Crippen molar-refractivity contribution in [3.8, 4) is 0 Å². The molecule has 0 heterocycles. The highest BCUT2D eigenvalue weighted by atomic mass is 32.2. The number of benzene rings is 1. The second-order valence-corrected chi connectivity index (χ2v) is 5.11. The molecular weight excluding hydrogens is 291 g/mol. The number of anilines is 1. The van der Waals surface area contributed by atoms with E-state index in [4.69, 9.17) is 4.74 Å². The maximum Gasteiger partial charge on any atom is 0.398 e. The normalized spacial score (nSPS) is 11.4. The van der Waals surface area contributed by atoms with Crippen LogP contribution in [0.25, 0.3) is 0 Å². The Hall–Kier alpha value is -1.21. The van der Waals surface area contributed by atoms with Crippen molar-refractivity contribution in [1.82, 2.24) is 0 Å². The first-order chi connectivity index (χ1) is 9.31. The van der Waals surface area contributed by atoms with Crippen molar-refractivity contribution in [3.05, 3.63) is 23.8 Å². The van der Waals surface area contributed by atoms with Crippen LogP contribution in [0, 0.1) is 6.92 Å². The number of ether oxygens (including phenoxy) is 1. The lowest BCUT2D eigenvalue weighted by Gasteiger charge is -2.13. The molecule has 0 spiro atoms. The van der Waals surface area contributed by atoms with Crippen molar-refractivity contribution >= 4 is 23.4 Å². The zero-order valence-electron chi connectivity index (χ0n) is 11.2. The van der Waals surface area contributed by atoms with Gasteiger partial charge in [-0.2, -0.15) is 13.2 Å². The van der Waals surface area contributed by atoms with Crippen LogP contribution in [0.5, 0.6) is 0 Å². The van der Waals surface area contributed by atoms with E-state index in [9.17, 15) is 18.0 Å². The summed E-state index contributed by atoms with van der Waals surface area (Å²) in [5.74, 6) is -1.38. The first kappa shape index (κ1) is 16.8. The predicted octanol–water partition coefficient (Wildman–Crippen LogP) is 3.62. The molecule has 0 aliphatic rings. The third kappa shape index (κ3) is 6.29. The van der Waals surface area contributed by atoms with Crippen molar-refractivity contribution in [1.29, 1.82) is 0 Å². The number of rotatable bonds is 6. The summed E-state index contributed by atoms with van der Waals surface area (Å²) in [4.78, 5) is 12.0. The molecular formula is C13H16F3NO2S. The molecule has 0 unspecified atom stereocenters. The van der Waals surface area contributed by atoms with Gasteiger partial charge in [0.2, 0.25) is 5.91 Å². The maximum atomic E-state index is 12.3. The number of amides is 1. The van der Waals surface area contributed by atoms with Crippen LogP contribution in [0.3, 0.4) is 0 Å². The minimum atomic E-state index is -4.25. The molecule has 0 atom stereocenters. The Labute approximate surface area is 119 Å². The summed E-state index contributed by atoms with van der Waals surface area (Å²) in [5.41, 5.74) is 1.23. The molecule has 7 heteroatoms. The minimum Gasteiger partial charge on any atom is -0.372 e. The second kappa shape index (κ2) is 7.54. The summed E-state index contributed by atoms with van der Waals surface area (Å²) in [6.07, 6.45) is -4.25. The number of thioether (sulfide) groups is 1. The van der Waals surface area contributed by atoms with Crippen LogP contribution in [0.15, 0.2) is 23.1 Å². The van der Waals surface area contributed by atoms with Gasteiger partial charge < -0.3 is 10.1 Å². The Morgan fingerprint density at radius 3 is 2.70 bits per heavy atom. The van der Waals surface area contributed by atoms with Crippen LogP contribution in [-0.2, 0) is 9.53 Å². The maximum absolute atomic E-state index is 12.3. The van der Waals surface area contributed by atoms with Gasteiger partial charge in [0, 0.05) is 11.5 Å². The van der Waals surface area contributed by atoms with E-state index < -0.39 is 11.9 Å². The lowest BCUT2D eigenvalue weighted by Crippen LogP contribution is -2.19. The Morgan fingerprint density at radius 1 is 1.40 bits per heavy atom. The number of hydrogen-bond donors (Lipinski definition) is 1. The summed E-state index contributed by atoms with van der Waals surface area (Å²) < 4.78 is 41.7. The molecule has 1 N–H and O–H groups in total. The van der Waals surface area contributed by atoms with Crippen molar-refractivity contribution < 1.29 is 22.7 Å². The predicted molar refractivity (Wildman–Crippen MR) is 73.1 cm³/mol. The number of hydrogen-bond acceptors (Lipinski definition) is 3. The first-order valence-corrected chi connectivity index (χ1v) is 6.98. The summed E-state index contributed by atoms with van der Waals surface area (Å²) in [5, 5.41) is 2.57. The van der Waals surface area contributed by atoms with Crippen LogP contribution in [0.2, 0.25) is 0 Å². The van der Waals surface area contributed by atoms with E-state index in [0.29, 0.717) is 29.0 Å². The molecule has 20 heavy (non-hydrogen) atoms. The standard InChI is InChI=1S/C13H16F3NO2S/c1-3-19-7-12(18)17-10-6-9(2)4-5-11(10)20-8-13(14,15)16/h4-6H,3,7-8H2,1-2H3,(H,17,18). The molecule has 0 aromatic heterocycles. The summed E-state index contributed by atoms with van der Waals surface area (Å²) in [7, 11) is 0. The van der Waals surface area contributed by atoms with Gasteiger partial charge in [0.15, 0.2) is 0 Å². The van der Waals surface area contributed by atoms with E-state index in [1.165, 1.54) is 0 Å². The number of carbonyl (C=O) groups excluding carboxylic acids is 1. The number of carbonyl (C=O) groups is 1. The summed E-state index contributed by atoms with van der Waals surface area (Å²) in [6, 6.07) is 4.92. The van der Waals surface area contributed by atoms with E-state index in [1.54, 1.807) is 32.0 Å². The molecule has 0 saturated heterocycles. The van der Waals surface area contributed by atoms with Crippen LogP contribution in [0.4, 0.5) is 18.9 Å². The molecule has 0 bridgehead atoms. The van der Waals surface area contributed by atoms with Crippen molar-refractivity contribution in [2.75, 3.05) is 24.3 Å². The number of nitrogens with one attached hydrogen (secondary N) is 1. The van der Waals surface area contributed by atoms with E-state index in [1.807, 2.05) is 0 Å². The molecule has 3 nitrogen and oxygen atoms in total. The van der Waals surface area contributed by atoms with Crippen LogP contribution in [-0.4, -0.2) is 31.1 Å². The van der Waals surface area contributed by atoms with Gasteiger partial charge in [-0.15, -0.1) is 11.8 Å². The summed E-state index contributed by atoms with van der Waals surface area (Å²) in [6.45, 7) is 3.84. The van der Waals surface area contributed by atoms with Crippen LogP contribution < -0.4 is 5.32 Å². The average molecular weight is 307 g/mol. The molecule has 1 aromatic rings. The fourth-order valence-corrected chi connectivity index (χ4v) is 2.16. The lowest BCUT2D eigenvalue weighted by atomic mass is 10.2. The van der Waals surface area contributed by atoms with Gasteiger partial charge in [-0.05, 0) is 31.5 Å². The molecule has 0 fully saturated rings. The van der Waals surface area contributed by atoms with Gasteiger partial charge >= 0.3 is 6.18 Å². The monoisotopic (exact) mass is 307 g/mol. The number of aryl methyl sites for hydroxylation is 1. The highest BCUT2D eigenvalue weighted by Gasteiger charge is 2.27. The zero-order chi connectivity index (χ0) is 15.2. The Kier molecular flexibility index (Phi) is 6.35. The SMILES string of the molecule is CCOCC(=O)Nc1cc(C)ccc1SCC(F)(F)F. The Morgan fingerprint density at radius 2 is 2.10 bits per heavy atom. The number of halogens is 3. The van der Waals surface area contributed by atoms with Crippen LogP contribution in [0.1, 0.15) is 12.5 Å². The molecule has 0 aliphatic heterocycles. The topological polar surface area (TPSA) is 38.3 Å². The third-order valence-electron chi connectivity index (χ3n) is 2.24. The van der Waals surface area contributed by atoms with Gasteiger partial charge in [0.05, 0.1) is 11.4 Å². The third-order valence-corrected chi connectivity index (χ3v) is 3.38. The Bertz CT molecular complexity index is 463. The molecule has 0 radical (unpaired) electrons. The summed E-state index contributed by atoms with van der Waals surface area (Å²) >= 11 is 0.648. The molecule has 0 saturated carbocycles. The molecule has 1 aromatic carbocycles. The second-order valence-electron chi connectivity index (χ2n) is 4.09. The highest BCUT2D eigenvalue weighted by molar-refractivity contribution is 7.99. The van der Waals surface area contributed by atoms with Gasteiger partial charge in [0.25, 0.3) is 0 Å². The number of alkyl halides is 3. The largest absolute Gasteiger partial charge is 0.398 e. The molecule has 0 aliphatic carbocycles. The van der Waals surface area contributed by atoms with Crippen molar-refractivity contribution in [2.45, 2.75) is 24.9 Å². The van der Waals surface area contributed by atoms with Gasteiger partial charge in [-0.1, -0.05) is 6.07 Å². The molecule has 112 valence electrons. The fourth-order valence-electron chi connectivity index (χ4n) is 1.41. The van der Waals surface area contributed by atoms with Gasteiger partial charge in [0.1, 0.15) is 6.61 Å². The van der Waals surface area contributed by atoms with E-state index in [2.05, 4.69) is 5.32 Å². The van der Waals surface area contributed by atoms with Crippen molar-refractivity contribution in [3.63, 3.8) is 0 Å². The van der Waals surface area contributed by atoms with Crippen molar-refractivity contribution in [2.24, 2.45) is 0 Å². The quantitative estimate of drug-likeness (QED) is 0.816. The minimum absolute atomic E-state index is 0.117. The van der Waals surface area contributed by atoms with E-state index in [0.717, 1.165) is 5.56 Å². The Balaban J connectivity index is 2.77. The van der Waals surface area contributed by atoms with E-state index in [-0.39, 0.29) is 12.5 Å². The molecule has 1 rings (SSSR count). The smallest absolute Gasteiger partial charge is 0.372 e. The zero-order valence-corrected chi connectivity index (χ0v) is 12.0. The first-order valence-electron chi connectivity index (χ1n) is 5.99. The lowest BCUT2D eigenvalue weighted by molar-refractivity contribution is -0.120. The van der Waals surface area contributed by atoms with Gasteiger partial charge in [-0.25, -0.2) is 0 Å². The van der Waals surface area contributed by atoms with E-state index >= 15 is 0 Å². The fraction of sp³-hybridized carbons (Fsp3) is 0.462. The highest BCUT2D eigenvalue weighted by Crippen LogP contribution is 2.32. The average Bonchev–Trinajstić information content (AvgIpc) is 2.34. The van der Waals surface area contributed by atoms with Gasteiger partial charge in [-0.3, -0.25) is 4.79 Å². The van der Waals surface area contributed by atoms with Crippen LogP contribution >= 0.6 is 11.8 Å². The molecule has 1 amide bonds.